The number of benzene rings is 1. The summed E-state index contributed by atoms with van der Waals surface area (Å²) < 4.78 is 33.7. The number of ketones is 1. The number of halogens is 2. The third-order valence-corrected chi connectivity index (χ3v) is 7.53. The molecule has 2 fully saturated rings. The van der Waals surface area contributed by atoms with Crippen LogP contribution in [0.1, 0.15) is 101 Å². The van der Waals surface area contributed by atoms with E-state index in [1.807, 2.05) is 0 Å². The van der Waals surface area contributed by atoms with Crippen molar-refractivity contribution in [1.29, 1.82) is 0 Å². The second-order valence-corrected chi connectivity index (χ2v) is 9.42. The van der Waals surface area contributed by atoms with E-state index in [0.717, 1.165) is 37.5 Å². The largest absolute Gasteiger partial charge is 0.491 e. The van der Waals surface area contributed by atoms with E-state index >= 15 is 0 Å². The Hall–Kier alpha value is -1.45. The van der Waals surface area contributed by atoms with Crippen molar-refractivity contribution in [2.75, 3.05) is 6.61 Å². The number of carbonyl (C=O) groups is 1. The molecule has 0 aromatic heterocycles. The van der Waals surface area contributed by atoms with Gasteiger partial charge in [-0.2, -0.15) is 4.39 Å². The van der Waals surface area contributed by atoms with E-state index in [4.69, 9.17) is 4.74 Å². The predicted molar refractivity (Wildman–Crippen MR) is 117 cm³/mol. The third kappa shape index (κ3) is 5.62. The van der Waals surface area contributed by atoms with Gasteiger partial charge in [-0.3, -0.25) is 4.79 Å². The fourth-order valence-electron chi connectivity index (χ4n) is 5.69. The van der Waals surface area contributed by atoms with Gasteiger partial charge < -0.3 is 4.74 Å². The van der Waals surface area contributed by atoms with Crippen molar-refractivity contribution in [3.63, 3.8) is 0 Å². The van der Waals surface area contributed by atoms with Crippen LogP contribution in [0.3, 0.4) is 0 Å². The van der Waals surface area contributed by atoms with Crippen LogP contribution in [-0.4, -0.2) is 12.4 Å². The minimum absolute atomic E-state index is 0.119. The van der Waals surface area contributed by atoms with Gasteiger partial charge in [0.2, 0.25) is 5.82 Å². The van der Waals surface area contributed by atoms with E-state index in [2.05, 4.69) is 6.92 Å². The van der Waals surface area contributed by atoms with Gasteiger partial charge in [0.25, 0.3) is 0 Å². The first-order chi connectivity index (χ1) is 14.5. The van der Waals surface area contributed by atoms with Crippen LogP contribution in [0, 0.1) is 35.3 Å². The van der Waals surface area contributed by atoms with Gasteiger partial charge in [-0.15, -0.1) is 0 Å². The molecule has 2 aliphatic rings. The number of hydrogen-bond donors (Lipinski definition) is 0. The molecule has 1 aromatic carbocycles. The zero-order valence-corrected chi connectivity index (χ0v) is 18.7. The molecular weight excluding hydrogens is 382 g/mol. The molecule has 2 nitrogen and oxygen atoms in total. The summed E-state index contributed by atoms with van der Waals surface area (Å²) in [5.41, 5.74) is -0.119. The molecule has 3 rings (SSSR count). The van der Waals surface area contributed by atoms with Crippen LogP contribution >= 0.6 is 0 Å². The summed E-state index contributed by atoms with van der Waals surface area (Å²) in [6.07, 6.45) is 14.5. The predicted octanol–water partition coefficient (Wildman–Crippen LogP) is 7.74. The fraction of sp³-hybridized carbons (Fsp3) is 0.731. The molecule has 30 heavy (non-hydrogen) atoms. The summed E-state index contributed by atoms with van der Waals surface area (Å²) in [6.45, 7) is 4.24. The van der Waals surface area contributed by atoms with E-state index in [-0.39, 0.29) is 29.6 Å². The quantitative estimate of drug-likeness (QED) is 0.302. The first kappa shape index (κ1) is 23.2. The summed E-state index contributed by atoms with van der Waals surface area (Å²) in [7, 11) is 0. The molecule has 0 atom stereocenters. The Morgan fingerprint density at radius 3 is 2.13 bits per heavy atom. The molecule has 0 heterocycles. The van der Waals surface area contributed by atoms with E-state index in [9.17, 15) is 13.6 Å². The van der Waals surface area contributed by atoms with Crippen molar-refractivity contribution in [1.82, 2.24) is 0 Å². The van der Waals surface area contributed by atoms with E-state index in [0.29, 0.717) is 5.92 Å². The average molecular weight is 421 g/mol. The highest BCUT2D eigenvalue weighted by Crippen LogP contribution is 2.43. The van der Waals surface area contributed by atoms with Crippen molar-refractivity contribution in [3.8, 4) is 5.75 Å². The van der Waals surface area contributed by atoms with Crippen molar-refractivity contribution >= 4 is 5.78 Å². The van der Waals surface area contributed by atoms with Crippen LogP contribution in [-0.2, 0) is 0 Å². The van der Waals surface area contributed by atoms with Crippen LogP contribution < -0.4 is 4.74 Å². The highest BCUT2D eigenvalue weighted by atomic mass is 19.2. The lowest BCUT2D eigenvalue weighted by atomic mass is 9.68. The number of ether oxygens (including phenoxy) is 1. The molecule has 0 amide bonds. The minimum atomic E-state index is -1.06. The van der Waals surface area contributed by atoms with Crippen molar-refractivity contribution < 1.29 is 18.3 Å². The second kappa shape index (κ2) is 11.2. The Morgan fingerprint density at radius 2 is 1.53 bits per heavy atom. The standard InChI is InChI=1S/C26H38F2O2/c1-3-5-6-7-18-8-10-19(11-9-18)20-12-14-21(15-13-20)26(29)22-16-17-23(30-4-2)25(28)24(22)27/h16-21H,3-15H2,1-2H3. The minimum Gasteiger partial charge on any atom is -0.491 e. The number of hydrogen-bond acceptors (Lipinski definition) is 2. The lowest BCUT2D eigenvalue weighted by Crippen LogP contribution is -2.28. The Balaban J connectivity index is 1.49. The first-order valence-corrected chi connectivity index (χ1v) is 12.2. The maximum Gasteiger partial charge on any atom is 0.201 e. The fourth-order valence-corrected chi connectivity index (χ4v) is 5.69. The molecular formula is C26H38F2O2. The topological polar surface area (TPSA) is 26.3 Å². The number of Topliss-reactive ketones (excluding diaryl/α,β-unsaturated/α-hetero) is 1. The van der Waals surface area contributed by atoms with E-state index in [1.54, 1.807) is 6.92 Å². The smallest absolute Gasteiger partial charge is 0.201 e. The van der Waals surface area contributed by atoms with Crippen molar-refractivity contribution in [3.05, 3.63) is 29.3 Å². The first-order valence-electron chi connectivity index (χ1n) is 12.2. The molecule has 0 saturated heterocycles. The Kier molecular flexibility index (Phi) is 8.71. The molecule has 0 aliphatic heterocycles. The lowest BCUT2D eigenvalue weighted by molar-refractivity contribution is 0.0823. The van der Waals surface area contributed by atoms with Crippen LogP contribution in [0.15, 0.2) is 12.1 Å². The maximum atomic E-state index is 14.4. The molecule has 2 aliphatic carbocycles. The van der Waals surface area contributed by atoms with Gasteiger partial charge in [-0.1, -0.05) is 45.4 Å². The van der Waals surface area contributed by atoms with Crippen molar-refractivity contribution in [2.24, 2.45) is 23.7 Å². The summed E-state index contributed by atoms with van der Waals surface area (Å²) in [4.78, 5) is 12.8. The highest BCUT2D eigenvalue weighted by molar-refractivity contribution is 5.98. The molecule has 0 N–H and O–H groups in total. The lowest BCUT2D eigenvalue weighted by Gasteiger charge is -2.37. The zero-order valence-electron chi connectivity index (χ0n) is 18.7. The van der Waals surface area contributed by atoms with Crippen LogP contribution in [0.25, 0.3) is 0 Å². The molecule has 4 heteroatoms. The summed E-state index contributed by atoms with van der Waals surface area (Å²) in [5, 5.41) is 0. The summed E-state index contributed by atoms with van der Waals surface area (Å²) in [5.74, 6) is -0.243. The van der Waals surface area contributed by atoms with Crippen molar-refractivity contribution in [2.45, 2.75) is 90.9 Å². The van der Waals surface area contributed by atoms with Crippen LogP contribution in [0.2, 0.25) is 0 Å². The SMILES string of the molecule is CCCCCC1CCC(C2CCC(C(=O)c3ccc(OCC)c(F)c3F)CC2)CC1. The Morgan fingerprint density at radius 1 is 0.900 bits per heavy atom. The van der Waals surface area contributed by atoms with Gasteiger partial charge in [0.15, 0.2) is 17.3 Å². The normalized spacial score (nSPS) is 27.1. The molecule has 1 aromatic rings. The van der Waals surface area contributed by atoms with Gasteiger partial charge in [-0.25, -0.2) is 4.39 Å². The van der Waals surface area contributed by atoms with Crippen LogP contribution in [0.4, 0.5) is 8.78 Å². The van der Waals surface area contributed by atoms with Crippen LogP contribution in [0.5, 0.6) is 5.75 Å². The van der Waals surface area contributed by atoms with E-state index < -0.39 is 11.6 Å². The third-order valence-electron chi connectivity index (χ3n) is 7.53. The Labute approximate surface area is 180 Å². The van der Waals surface area contributed by atoms with Gasteiger partial charge in [0.1, 0.15) is 0 Å². The van der Waals surface area contributed by atoms with Gasteiger partial charge in [-0.05, 0) is 75.3 Å². The van der Waals surface area contributed by atoms with E-state index in [1.165, 1.54) is 63.5 Å². The highest BCUT2D eigenvalue weighted by Gasteiger charge is 2.34. The van der Waals surface area contributed by atoms with Gasteiger partial charge in [0.05, 0.1) is 12.2 Å². The Bertz CT molecular complexity index is 687. The van der Waals surface area contributed by atoms with Gasteiger partial charge >= 0.3 is 0 Å². The molecule has 2 saturated carbocycles. The number of rotatable bonds is 9. The van der Waals surface area contributed by atoms with Gasteiger partial charge in [0, 0.05) is 5.92 Å². The monoisotopic (exact) mass is 420 g/mol. The summed E-state index contributed by atoms with van der Waals surface area (Å²) in [6, 6.07) is 2.76. The zero-order chi connectivity index (χ0) is 21.5. The maximum absolute atomic E-state index is 14.4. The molecule has 0 bridgehead atoms. The molecule has 0 spiro atoms. The molecule has 0 radical (unpaired) electrons. The number of carbonyl (C=O) groups excluding carboxylic acids is 1. The number of unbranched alkanes of at least 4 members (excludes halogenated alkanes) is 2. The second-order valence-electron chi connectivity index (χ2n) is 9.42. The molecule has 0 unspecified atom stereocenters. The summed E-state index contributed by atoms with van der Waals surface area (Å²) >= 11 is 0. The molecule has 168 valence electrons. The average Bonchev–Trinajstić information content (AvgIpc) is 2.78.